The Morgan fingerprint density at radius 2 is 2.05 bits per heavy atom. The number of H-pyrrole nitrogens is 1. The maximum Gasteiger partial charge on any atom is 0.209 e. The zero-order valence-electron chi connectivity index (χ0n) is 12.2. The number of nitrogens with one attached hydrogen (secondary N) is 1. The van der Waals surface area contributed by atoms with Gasteiger partial charge in [-0.05, 0) is 49.2 Å². The lowest BCUT2D eigenvalue weighted by atomic mass is 10.1. The van der Waals surface area contributed by atoms with Crippen LogP contribution in [0, 0.1) is 18.5 Å². The molecule has 0 bridgehead atoms. The third-order valence-electron chi connectivity index (χ3n) is 3.50. The predicted octanol–water partition coefficient (Wildman–Crippen LogP) is 2.83. The molecule has 0 spiro atoms. The van der Waals surface area contributed by atoms with E-state index in [2.05, 4.69) is 46.5 Å². The number of aryl methyl sites for hydroxylation is 3. The summed E-state index contributed by atoms with van der Waals surface area (Å²) in [4.78, 5) is 1.54. The van der Waals surface area contributed by atoms with Gasteiger partial charge in [-0.3, -0.25) is 5.10 Å². The minimum atomic E-state index is 0.542. The first-order valence-corrected chi connectivity index (χ1v) is 7.17. The minimum absolute atomic E-state index is 0.542. The molecule has 0 fully saturated rings. The molecule has 1 aromatic carbocycles. The van der Waals surface area contributed by atoms with E-state index in [0.717, 1.165) is 11.3 Å². The minimum Gasteiger partial charge on any atom is -0.299 e. The van der Waals surface area contributed by atoms with Gasteiger partial charge in [-0.25, -0.2) is 4.68 Å². The van der Waals surface area contributed by atoms with E-state index in [4.69, 9.17) is 12.2 Å². The van der Waals surface area contributed by atoms with Crippen LogP contribution < -0.4 is 0 Å². The molecule has 3 rings (SSSR count). The van der Waals surface area contributed by atoms with E-state index in [1.54, 1.807) is 0 Å². The van der Waals surface area contributed by atoms with Crippen molar-refractivity contribution < 1.29 is 0 Å². The molecule has 0 radical (unpaired) electrons. The van der Waals surface area contributed by atoms with E-state index < -0.39 is 0 Å². The standard InChI is InChI=1S/C14H16N6S/c1-4-19-17-13(16-18-19)12-8-15-20(14(12)21)11-6-5-9(2)10(3)7-11/h5-8,15H,4H2,1-3H3. The lowest BCUT2D eigenvalue weighted by molar-refractivity contribution is 0.553. The molecule has 0 atom stereocenters. The second kappa shape index (κ2) is 5.25. The van der Waals surface area contributed by atoms with E-state index in [0.29, 0.717) is 17.0 Å². The normalized spacial score (nSPS) is 11.0. The second-order valence-electron chi connectivity index (χ2n) is 4.90. The molecule has 21 heavy (non-hydrogen) atoms. The van der Waals surface area contributed by atoms with Gasteiger partial charge < -0.3 is 0 Å². The molecule has 1 N–H and O–H groups in total. The maximum atomic E-state index is 5.53. The van der Waals surface area contributed by atoms with Gasteiger partial charge in [0.2, 0.25) is 5.82 Å². The number of tetrazole rings is 1. The lowest BCUT2D eigenvalue weighted by Crippen LogP contribution is -1.98. The Morgan fingerprint density at radius 1 is 1.24 bits per heavy atom. The van der Waals surface area contributed by atoms with Crippen LogP contribution in [0.2, 0.25) is 0 Å². The SMILES string of the molecule is CCn1nnc(-c2c[nH]n(-c3ccc(C)c(C)c3)c2=S)n1. The number of hydrogen-bond acceptors (Lipinski definition) is 4. The molecule has 0 aliphatic rings. The van der Waals surface area contributed by atoms with Crippen molar-refractivity contribution in [2.24, 2.45) is 0 Å². The molecule has 2 heterocycles. The molecule has 0 aliphatic carbocycles. The molecule has 108 valence electrons. The summed E-state index contributed by atoms with van der Waals surface area (Å²) in [7, 11) is 0. The average molecular weight is 300 g/mol. The van der Waals surface area contributed by atoms with E-state index in [1.807, 2.05) is 23.9 Å². The van der Waals surface area contributed by atoms with E-state index >= 15 is 0 Å². The van der Waals surface area contributed by atoms with Crippen LogP contribution >= 0.6 is 12.2 Å². The van der Waals surface area contributed by atoms with Crippen LogP contribution in [0.25, 0.3) is 17.1 Å². The average Bonchev–Trinajstić information content (AvgIpc) is 3.08. The molecule has 0 aliphatic heterocycles. The predicted molar refractivity (Wildman–Crippen MR) is 82.9 cm³/mol. The van der Waals surface area contributed by atoms with Gasteiger partial charge in [0.15, 0.2) is 0 Å². The van der Waals surface area contributed by atoms with Gasteiger partial charge in [-0.15, -0.1) is 10.2 Å². The van der Waals surface area contributed by atoms with Gasteiger partial charge in [-0.1, -0.05) is 18.3 Å². The van der Waals surface area contributed by atoms with Crippen molar-refractivity contribution in [3.05, 3.63) is 40.2 Å². The third-order valence-corrected chi connectivity index (χ3v) is 3.90. The fraction of sp³-hybridized carbons (Fsp3) is 0.286. The van der Waals surface area contributed by atoms with Crippen LogP contribution in [0.1, 0.15) is 18.1 Å². The van der Waals surface area contributed by atoms with Gasteiger partial charge in [0.05, 0.1) is 17.8 Å². The van der Waals surface area contributed by atoms with Gasteiger partial charge in [0.25, 0.3) is 0 Å². The van der Waals surface area contributed by atoms with Crippen LogP contribution in [0.5, 0.6) is 0 Å². The molecule has 0 saturated carbocycles. The number of nitrogens with zero attached hydrogens (tertiary/aromatic N) is 5. The Hall–Kier alpha value is -2.28. The number of aromatic amines is 1. The topological polar surface area (TPSA) is 64.3 Å². The zero-order chi connectivity index (χ0) is 15.0. The van der Waals surface area contributed by atoms with Crippen LogP contribution in [0.4, 0.5) is 0 Å². The Bertz CT molecular complexity index is 841. The quantitative estimate of drug-likeness (QED) is 0.755. The highest BCUT2D eigenvalue weighted by Gasteiger charge is 2.12. The van der Waals surface area contributed by atoms with Crippen LogP contribution in [-0.4, -0.2) is 30.0 Å². The van der Waals surface area contributed by atoms with Gasteiger partial charge in [0, 0.05) is 6.20 Å². The van der Waals surface area contributed by atoms with Crippen LogP contribution in [0.15, 0.2) is 24.4 Å². The van der Waals surface area contributed by atoms with Crippen molar-refractivity contribution in [2.75, 3.05) is 0 Å². The smallest absolute Gasteiger partial charge is 0.209 e. The number of rotatable bonds is 3. The summed E-state index contributed by atoms with van der Waals surface area (Å²) in [5.74, 6) is 0.542. The molecule has 0 amide bonds. The van der Waals surface area contributed by atoms with Gasteiger partial charge in [0.1, 0.15) is 4.64 Å². The van der Waals surface area contributed by atoms with Crippen molar-refractivity contribution in [3.8, 4) is 17.1 Å². The van der Waals surface area contributed by atoms with E-state index in [1.165, 1.54) is 15.9 Å². The highest BCUT2D eigenvalue weighted by atomic mass is 32.1. The summed E-state index contributed by atoms with van der Waals surface area (Å²) in [6.45, 7) is 6.82. The number of benzene rings is 1. The molecule has 2 aromatic heterocycles. The fourth-order valence-electron chi connectivity index (χ4n) is 2.07. The first-order valence-electron chi connectivity index (χ1n) is 6.76. The summed E-state index contributed by atoms with van der Waals surface area (Å²) in [6, 6.07) is 6.22. The largest absolute Gasteiger partial charge is 0.299 e. The lowest BCUT2D eigenvalue weighted by Gasteiger charge is -2.06. The highest BCUT2D eigenvalue weighted by molar-refractivity contribution is 7.71. The molecule has 0 unspecified atom stereocenters. The van der Waals surface area contributed by atoms with E-state index in [9.17, 15) is 0 Å². The highest BCUT2D eigenvalue weighted by Crippen LogP contribution is 2.20. The third kappa shape index (κ3) is 2.40. The summed E-state index contributed by atoms with van der Waals surface area (Å²) in [5.41, 5.74) is 4.25. The van der Waals surface area contributed by atoms with Gasteiger partial charge >= 0.3 is 0 Å². The molecular weight excluding hydrogens is 284 g/mol. The Morgan fingerprint density at radius 3 is 2.71 bits per heavy atom. The monoisotopic (exact) mass is 300 g/mol. The first-order chi connectivity index (χ1) is 10.1. The fourth-order valence-corrected chi connectivity index (χ4v) is 2.38. The first kappa shape index (κ1) is 13.7. The molecule has 3 aromatic rings. The molecule has 0 saturated heterocycles. The number of hydrogen-bond donors (Lipinski definition) is 1. The maximum absolute atomic E-state index is 5.53. The van der Waals surface area contributed by atoms with Crippen molar-refractivity contribution in [3.63, 3.8) is 0 Å². The summed E-state index contributed by atoms with van der Waals surface area (Å²) in [6.07, 6.45) is 1.81. The van der Waals surface area contributed by atoms with Crippen molar-refractivity contribution >= 4 is 12.2 Å². The second-order valence-corrected chi connectivity index (χ2v) is 5.28. The Kier molecular flexibility index (Phi) is 3.42. The van der Waals surface area contributed by atoms with Crippen LogP contribution in [0.3, 0.4) is 0 Å². The van der Waals surface area contributed by atoms with Crippen molar-refractivity contribution in [1.29, 1.82) is 0 Å². The van der Waals surface area contributed by atoms with Crippen molar-refractivity contribution in [2.45, 2.75) is 27.3 Å². The van der Waals surface area contributed by atoms with Gasteiger partial charge in [-0.2, -0.15) is 4.80 Å². The summed E-state index contributed by atoms with van der Waals surface area (Å²) in [5, 5.41) is 15.5. The summed E-state index contributed by atoms with van der Waals surface area (Å²) >= 11 is 5.53. The molecule has 7 heteroatoms. The van der Waals surface area contributed by atoms with Crippen molar-refractivity contribution in [1.82, 2.24) is 30.0 Å². The molecule has 6 nitrogen and oxygen atoms in total. The Labute approximate surface area is 127 Å². The Balaban J connectivity index is 2.06. The van der Waals surface area contributed by atoms with Crippen LogP contribution in [-0.2, 0) is 6.54 Å². The van der Waals surface area contributed by atoms with E-state index in [-0.39, 0.29) is 0 Å². The summed E-state index contributed by atoms with van der Waals surface area (Å²) < 4.78 is 2.50. The zero-order valence-corrected chi connectivity index (χ0v) is 13.0. The number of aromatic nitrogens is 6. The molecular formula is C14H16N6S.